The maximum atomic E-state index is 10.5. The molecule has 182 valence electrons. The van der Waals surface area contributed by atoms with Gasteiger partial charge < -0.3 is 34.4 Å². The van der Waals surface area contributed by atoms with Crippen molar-refractivity contribution in [2.75, 3.05) is 51.4 Å². The molecule has 0 saturated carbocycles. The summed E-state index contributed by atoms with van der Waals surface area (Å²) in [6.45, 7) is 5.74. The van der Waals surface area contributed by atoms with Crippen molar-refractivity contribution in [1.82, 2.24) is 20.2 Å². The van der Waals surface area contributed by atoms with Crippen LogP contribution >= 0.6 is 0 Å². The van der Waals surface area contributed by atoms with Crippen LogP contribution < -0.4 is 24.4 Å². The van der Waals surface area contributed by atoms with Crippen molar-refractivity contribution in [2.45, 2.75) is 38.1 Å². The second-order valence-electron chi connectivity index (χ2n) is 8.92. The van der Waals surface area contributed by atoms with Crippen LogP contribution in [0.4, 0.5) is 5.69 Å². The van der Waals surface area contributed by atoms with Crippen LogP contribution in [0.1, 0.15) is 30.7 Å². The standard InChI is InChI=1S/C25H33N5O4/c1-32-20-14-22-21(28-16-20)3-4-25(31)30(22)10-9-29-7-5-18(6-8-29)26-15-19-13-23-24(17-27-19)34-12-2-11-33-23/h3-4,13-14,16-18,25-26,31H,2,5-12,15H2,1H3. The first-order valence-electron chi connectivity index (χ1n) is 12.1. The third-order valence-electron chi connectivity index (χ3n) is 6.67. The summed E-state index contributed by atoms with van der Waals surface area (Å²) in [7, 11) is 1.63. The topological polar surface area (TPSA) is 92.2 Å². The van der Waals surface area contributed by atoms with Gasteiger partial charge in [0.25, 0.3) is 0 Å². The van der Waals surface area contributed by atoms with Crippen molar-refractivity contribution < 1.29 is 19.3 Å². The lowest BCUT2D eigenvalue weighted by atomic mass is 10.0. The SMILES string of the molecule is COc1cnc2c(c1)N(CCN1CCC(NCc3cc4c(cn3)OCCCO4)CC1)C(O)C=C2. The molecule has 0 spiro atoms. The molecular formula is C25H33N5O4. The summed E-state index contributed by atoms with van der Waals surface area (Å²) < 4.78 is 16.8. The predicted molar refractivity (Wildman–Crippen MR) is 129 cm³/mol. The average Bonchev–Trinajstić information content (AvgIpc) is 3.12. The van der Waals surface area contributed by atoms with Gasteiger partial charge in [0.15, 0.2) is 11.5 Å². The quantitative estimate of drug-likeness (QED) is 0.635. The van der Waals surface area contributed by atoms with Gasteiger partial charge in [-0.1, -0.05) is 0 Å². The van der Waals surface area contributed by atoms with Gasteiger partial charge in [-0.05, 0) is 38.1 Å². The van der Waals surface area contributed by atoms with Crippen molar-refractivity contribution in [3.63, 3.8) is 0 Å². The van der Waals surface area contributed by atoms with E-state index in [9.17, 15) is 5.11 Å². The van der Waals surface area contributed by atoms with E-state index < -0.39 is 6.23 Å². The molecule has 9 heteroatoms. The number of aliphatic hydroxyl groups is 1. The number of hydrogen-bond acceptors (Lipinski definition) is 9. The average molecular weight is 468 g/mol. The number of aliphatic hydroxyl groups excluding tert-OH is 1. The Labute approximate surface area is 200 Å². The van der Waals surface area contributed by atoms with E-state index >= 15 is 0 Å². The Morgan fingerprint density at radius 2 is 1.91 bits per heavy atom. The minimum Gasteiger partial charge on any atom is -0.495 e. The molecule has 34 heavy (non-hydrogen) atoms. The van der Waals surface area contributed by atoms with Gasteiger partial charge in [-0.2, -0.15) is 0 Å². The fraction of sp³-hybridized carbons (Fsp3) is 0.520. The number of methoxy groups -OCH3 is 1. The molecule has 2 N–H and O–H groups in total. The monoisotopic (exact) mass is 467 g/mol. The number of pyridine rings is 2. The molecule has 3 aliphatic rings. The van der Waals surface area contributed by atoms with E-state index in [4.69, 9.17) is 14.2 Å². The van der Waals surface area contributed by atoms with E-state index in [2.05, 4.69) is 20.2 Å². The largest absolute Gasteiger partial charge is 0.495 e. The van der Waals surface area contributed by atoms with E-state index in [0.29, 0.717) is 25.0 Å². The van der Waals surface area contributed by atoms with Gasteiger partial charge in [0.2, 0.25) is 0 Å². The van der Waals surface area contributed by atoms with E-state index in [-0.39, 0.29) is 0 Å². The number of nitrogens with one attached hydrogen (secondary N) is 1. The zero-order chi connectivity index (χ0) is 23.3. The number of rotatable bonds is 7. The second-order valence-corrected chi connectivity index (χ2v) is 8.92. The summed E-state index contributed by atoms with van der Waals surface area (Å²) in [5, 5.41) is 14.2. The van der Waals surface area contributed by atoms with Crippen LogP contribution in [-0.2, 0) is 6.54 Å². The molecule has 5 rings (SSSR count). The fourth-order valence-electron chi connectivity index (χ4n) is 4.66. The van der Waals surface area contributed by atoms with E-state index in [1.54, 1.807) is 25.6 Å². The van der Waals surface area contributed by atoms with Crippen molar-refractivity contribution in [3.05, 3.63) is 42.0 Å². The van der Waals surface area contributed by atoms with Crippen LogP contribution in [0, 0.1) is 0 Å². The minimum atomic E-state index is -0.650. The highest BCUT2D eigenvalue weighted by atomic mass is 16.5. The van der Waals surface area contributed by atoms with Crippen LogP contribution in [0.2, 0.25) is 0 Å². The lowest BCUT2D eigenvalue weighted by Crippen LogP contribution is -2.46. The smallest absolute Gasteiger partial charge is 0.179 e. The van der Waals surface area contributed by atoms with Crippen LogP contribution in [0.25, 0.3) is 6.08 Å². The van der Waals surface area contributed by atoms with Gasteiger partial charge in [0.05, 0.1) is 49.8 Å². The molecule has 1 unspecified atom stereocenters. The Morgan fingerprint density at radius 3 is 2.74 bits per heavy atom. The summed E-state index contributed by atoms with van der Waals surface area (Å²) in [6, 6.07) is 4.40. The lowest BCUT2D eigenvalue weighted by Gasteiger charge is -2.36. The molecule has 0 radical (unpaired) electrons. The Morgan fingerprint density at radius 1 is 1.09 bits per heavy atom. The Balaban J connectivity index is 1.09. The highest BCUT2D eigenvalue weighted by molar-refractivity contribution is 5.70. The molecule has 2 aromatic rings. The van der Waals surface area contributed by atoms with Gasteiger partial charge >= 0.3 is 0 Å². The number of ether oxygens (including phenoxy) is 3. The molecule has 1 saturated heterocycles. The normalized spacial score (nSPS) is 20.6. The lowest BCUT2D eigenvalue weighted by molar-refractivity contribution is 0.181. The second kappa shape index (κ2) is 10.6. The van der Waals surface area contributed by atoms with Gasteiger partial charge in [-0.15, -0.1) is 0 Å². The first kappa shape index (κ1) is 22.9. The summed E-state index contributed by atoms with van der Waals surface area (Å²) >= 11 is 0. The first-order chi connectivity index (χ1) is 16.7. The third-order valence-corrected chi connectivity index (χ3v) is 6.67. The van der Waals surface area contributed by atoms with Crippen LogP contribution in [0.5, 0.6) is 17.2 Å². The highest BCUT2D eigenvalue weighted by Crippen LogP contribution is 2.30. The fourth-order valence-corrected chi connectivity index (χ4v) is 4.66. The van der Waals surface area contributed by atoms with Crippen molar-refractivity contribution in [1.29, 1.82) is 0 Å². The van der Waals surface area contributed by atoms with Gasteiger partial charge in [-0.25, -0.2) is 0 Å². The zero-order valence-electron chi connectivity index (χ0n) is 19.7. The number of nitrogens with zero attached hydrogens (tertiary/aromatic N) is 4. The molecule has 0 amide bonds. The number of piperidine rings is 1. The highest BCUT2D eigenvalue weighted by Gasteiger charge is 2.24. The number of fused-ring (bicyclic) bond motifs is 2. The summed E-state index contributed by atoms with van der Waals surface area (Å²) in [5.41, 5.74) is 2.74. The molecule has 2 aromatic heterocycles. The molecule has 0 aliphatic carbocycles. The first-order valence-corrected chi connectivity index (χ1v) is 12.1. The third kappa shape index (κ3) is 5.27. The number of anilines is 1. The molecule has 5 heterocycles. The summed E-state index contributed by atoms with van der Waals surface area (Å²) in [6.07, 6.45) is 9.54. The molecule has 1 fully saturated rings. The Bertz CT molecular complexity index is 1010. The van der Waals surface area contributed by atoms with E-state index in [0.717, 1.165) is 80.6 Å². The maximum Gasteiger partial charge on any atom is 0.179 e. The van der Waals surface area contributed by atoms with Crippen LogP contribution in [-0.4, -0.2) is 78.7 Å². The van der Waals surface area contributed by atoms with Crippen molar-refractivity contribution in [2.24, 2.45) is 0 Å². The predicted octanol–water partition coefficient (Wildman–Crippen LogP) is 2.05. The van der Waals surface area contributed by atoms with Crippen LogP contribution in [0.3, 0.4) is 0 Å². The van der Waals surface area contributed by atoms with Gasteiger partial charge in [0, 0.05) is 44.2 Å². The van der Waals surface area contributed by atoms with E-state index in [1.165, 1.54) is 0 Å². The summed E-state index contributed by atoms with van der Waals surface area (Å²) in [5.74, 6) is 2.23. The van der Waals surface area contributed by atoms with Gasteiger partial charge in [0.1, 0.15) is 12.0 Å². The maximum absolute atomic E-state index is 10.5. The molecule has 1 atom stereocenters. The van der Waals surface area contributed by atoms with Gasteiger partial charge in [-0.3, -0.25) is 9.97 Å². The van der Waals surface area contributed by atoms with Crippen molar-refractivity contribution >= 4 is 11.8 Å². The molecular weight excluding hydrogens is 434 g/mol. The molecule has 9 nitrogen and oxygen atoms in total. The van der Waals surface area contributed by atoms with Crippen LogP contribution in [0.15, 0.2) is 30.6 Å². The Hall–Kier alpha value is -2.88. The number of hydrogen-bond donors (Lipinski definition) is 2. The number of likely N-dealkylation sites (tertiary alicyclic amines) is 1. The molecule has 3 aliphatic heterocycles. The summed E-state index contributed by atoms with van der Waals surface area (Å²) in [4.78, 5) is 13.4. The molecule has 0 bridgehead atoms. The Kier molecular flexibility index (Phi) is 7.13. The zero-order valence-corrected chi connectivity index (χ0v) is 19.7. The van der Waals surface area contributed by atoms with Crippen molar-refractivity contribution in [3.8, 4) is 17.2 Å². The number of aromatic nitrogens is 2. The minimum absolute atomic E-state index is 0.465. The van der Waals surface area contributed by atoms with E-state index in [1.807, 2.05) is 23.1 Å². The molecule has 0 aromatic carbocycles.